The molecule has 2 unspecified atom stereocenters. The van der Waals surface area contributed by atoms with Crippen molar-refractivity contribution in [1.82, 2.24) is 5.32 Å². The van der Waals surface area contributed by atoms with E-state index in [0.29, 0.717) is 18.2 Å². The summed E-state index contributed by atoms with van der Waals surface area (Å²) in [5.74, 6) is -2.07. The van der Waals surface area contributed by atoms with Gasteiger partial charge in [0.25, 0.3) is 0 Å². The standard InChI is InChI=1S/C13H14F3NO5/c1-6(18)17-5-10(19)11(20)9-4-7(13(14,15)16)2-3-8(9)12(21)22/h2-4,10-11,19-20H,5H2,1H3,(H,17,18)(H,21,22). The second kappa shape index (κ2) is 6.75. The summed E-state index contributed by atoms with van der Waals surface area (Å²) in [5.41, 5.74) is -2.30. The maximum Gasteiger partial charge on any atom is 0.416 e. The SMILES string of the molecule is CC(=O)NCC(O)C(O)c1cc(C(F)(F)F)ccc1C(=O)O. The highest BCUT2D eigenvalue weighted by Crippen LogP contribution is 2.33. The molecule has 9 heteroatoms. The zero-order valence-corrected chi connectivity index (χ0v) is 11.4. The maximum absolute atomic E-state index is 12.7. The number of nitrogens with one attached hydrogen (secondary N) is 1. The quantitative estimate of drug-likeness (QED) is 0.645. The smallest absolute Gasteiger partial charge is 0.416 e. The molecule has 0 saturated carbocycles. The van der Waals surface area contributed by atoms with Gasteiger partial charge in [0.2, 0.25) is 5.91 Å². The molecule has 2 atom stereocenters. The highest BCUT2D eigenvalue weighted by molar-refractivity contribution is 5.89. The zero-order chi connectivity index (χ0) is 17.1. The van der Waals surface area contributed by atoms with Crippen LogP contribution in [0.4, 0.5) is 13.2 Å². The van der Waals surface area contributed by atoms with Crippen molar-refractivity contribution < 1.29 is 38.1 Å². The van der Waals surface area contributed by atoms with Gasteiger partial charge in [-0.2, -0.15) is 13.2 Å². The third-order valence-electron chi connectivity index (χ3n) is 2.85. The molecule has 0 aliphatic carbocycles. The lowest BCUT2D eigenvalue weighted by Crippen LogP contribution is -2.34. The number of halogens is 3. The third-order valence-corrected chi connectivity index (χ3v) is 2.85. The number of carboxylic acid groups (broad SMARTS) is 1. The molecule has 0 radical (unpaired) electrons. The fraction of sp³-hybridized carbons (Fsp3) is 0.385. The second-order valence-corrected chi connectivity index (χ2v) is 4.55. The van der Waals surface area contributed by atoms with Gasteiger partial charge in [-0.1, -0.05) is 0 Å². The summed E-state index contributed by atoms with van der Waals surface area (Å²) in [6.45, 7) is 0.706. The van der Waals surface area contributed by atoms with E-state index in [1.165, 1.54) is 0 Å². The minimum absolute atomic E-state index is 0.439. The number of carboxylic acids is 1. The van der Waals surface area contributed by atoms with Crippen LogP contribution >= 0.6 is 0 Å². The molecule has 6 nitrogen and oxygen atoms in total. The topological polar surface area (TPSA) is 107 Å². The first-order valence-corrected chi connectivity index (χ1v) is 6.09. The molecule has 1 aromatic rings. The predicted octanol–water partition coefficient (Wildman–Crippen LogP) is 0.934. The van der Waals surface area contributed by atoms with Crippen LogP contribution in [0.15, 0.2) is 18.2 Å². The molecule has 1 rings (SSSR count). The van der Waals surface area contributed by atoms with Crippen LogP contribution in [-0.4, -0.2) is 39.8 Å². The van der Waals surface area contributed by atoms with Gasteiger partial charge in [-0.3, -0.25) is 4.79 Å². The van der Waals surface area contributed by atoms with Crippen molar-refractivity contribution in [2.24, 2.45) is 0 Å². The first-order chi connectivity index (χ1) is 10.0. The summed E-state index contributed by atoms with van der Waals surface area (Å²) >= 11 is 0. The largest absolute Gasteiger partial charge is 0.478 e. The van der Waals surface area contributed by atoms with Crippen molar-refractivity contribution in [2.75, 3.05) is 6.54 Å². The van der Waals surface area contributed by atoms with E-state index in [1.54, 1.807) is 0 Å². The molecule has 0 bridgehead atoms. The van der Waals surface area contributed by atoms with Gasteiger partial charge in [0, 0.05) is 13.5 Å². The molecule has 0 aromatic heterocycles. The lowest BCUT2D eigenvalue weighted by molar-refractivity contribution is -0.137. The Labute approximate surface area is 123 Å². The average molecular weight is 321 g/mol. The fourth-order valence-electron chi connectivity index (χ4n) is 1.75. The molecule has 4 N–H and O–H groups in total. The first kappa shape index (κ1) is 17.9. The molecule has 122 valence electrons. The van der Waals surface area contributed by atoms with E-state index in [9.17, 15) is 33.0 Å². The summed E-state index contributed by atoms with van der Waals surface area (Å²) in [5, 5.41) is 30.7. The van der Waals surface area contributed by atoms with Crippen molar-refractivity contribution in [2.45, 2.75) is 25.3 Å². The first-order valence-electron chi connectivity index (χ1n) is 6.09. The molecule has 0 heterocycles. The van der Waals surface area contributed by atoms with Crippen molar-refractivity contribution >= 4 is 11.9 Å². The van der Waals surface area contributed by atoms with Crippen molar-refractivity contribution in [3.8, 4) is 0 Å². The van der Waals surface area contributed by atoms with E-state index in [4.69, 9.17) is 5.11 Å². The van der Waals surface area contributed by atoms with Crippen molar-refractivity contribution in [1.29, 1.82) is 0 Å². The van der Waals surface area contributed by atoms with Crippen LogP contribution in [0, 0.1) is 0 Å². The van der Waals surface area contributed by atoms with Crippen molar-refractivity contribution in [3.05, 3.63) is 34.9 Å². The Kier molecular flexibility index (Phi) is 5.50. The van der Waals surface area contributed by atoms with E-state index in [2.05, 4.69) is 5.32 Å². The number of aliphatic hydroxyl groups excluding tert-OH is 2. The number of rotatable bonds is 5. The summed E-state index contributed by atoms with van der Waals surface area (Å²) < 4.78 is 38.0. The van der Waals surface area contributed by atoms with E-state index in [0.717, 1.165) is 6.92 Å². The summed E-state index contributed by atoms with van der Waals surface area (Å²) in [6.07, 6.45) is -8.29. The van der Waals surface area contributed by atoms with E-state index < -0.39 is 53.5 Å². The van der Waals surface area contributed by atoms with Gasteiger partial charge in [0.15, 0.2) is 0 Å². The second-order valence-electron chi connectivity index (χ2n) is 4.55. The van der Waals surface area contributed by atoms with Gasteiger partial charge < -0.3 is 20.6 Å². The average Bonchev–Trinajstić information content (AvgIpc) is 2.42. The molecule has 1 aromatic carbocycles. The van der Waals surface area contributed by atoms with Gasteiger partial charge in [-0.05, 0) is 23.8 Å². The van der Waals surface area contributed by atoms with Crippen LogP contribution < -0.4 is 5.32 Å². The molecule has 0 aliphatic heterocycles. The molecule has 0 aliphatic rings. The number of carbonyl (C=O) groups is 2. The van der Waals surface area contributed by atoms with E-state index in [-0.39, 0.29) is 0 Å². The predicted molar refractivity (Wildman–Crippen MR) is 68.1 cm³/mol. The molecule has 0 spiro atoms. The molecular formula is C13H14F3NO5. The Morgan fingerprint density at radius 1 is 1.27 bits per heavy atom. The lowest BCUT2D eigenvalue weighted by atomic mass is 9.96. The molecule has 22 heavy (non-hydrogen) atoms. The van der Waals surface area contributed by atoms with Gasteiger partial charge in [0.05, 0.1) is 11.1 Å². The van der Waals surface area contributed by atoms with Gasteiger partial charge in [-0.25, -0.2) is 4.79 Å². The van der Waals surface area contributed by atoms with Crippen LogP contribution in [0.25, 0.3) is 0 Å². The Bertz CT molecular complexity index is 573. The fourth-order valence-corrected chi connectivity index (χ4v) is 1.75. The van der Waals surface area contributed by atoms with Crippen LogP contribution in [0.5, 0.6) is 0 Å². The number of hydrogen-bond donors (Lipinski definition) is 4. The van der Waals surface area contributed by atoms with Gasteiger partial charge in [-0.15, -0.1) is 0 Å². The molecule has 0 fully saturated rings. The molecule has 1 amide bonds. The minimum Gasteiger partial charge on any atom is -0.478 e. The third kappa shape index (κ3) is 4.43. The Morgan fingerprint density at radius 3 is 2.32 bits per heavy atom. The normalized spacial score (nSPS) is 14.3. The van der Waals surface area contributed by atoms with Gasteiger partial charge >= 0.3 is 12.1 Å². The Hall–Kier alpha value is -2.13. The highest BCUT2D eigenvalue weighted by atomic mass is 19.4. The van der Waals surface area contributed by atoms with E-state index >= 15 is 0 Å². The van der Waals surface area contributed by atoms with Crippen molar-refractivity contribution in [3.63, 3.8) is 0 Å². The summed E-state index contributed by atoms with van der Waals surface area (Å²) in [4.78, 5) is 21.8. The molecular weight excluding hydrogens is 307 g/mol. The van der Waals surface area contributed by atoms with Crippen LogP contribution in [0.1, 0.15) is 34.5 Å². The van der Waals surface area contributed by atoms with Crippen LogP contribution in [0.3, 0.4) is 0 Å². The number of benzene rings is 1. The maximum atomic E-state index is 12.7. The highest BCUT2D eigenvalue weighted by Gasteiger charge is 2.33. The number of aromatic carboxylic acids is 1. The minimum atomic E-state index is -4.73. The van der Waals surface area contributed by atoms with E-state index in [1.807, 2.05) is 0 Å². The number of aliphatic hydroxyl groups is 2. The Balaban J connectivity index is 3.18. The zero-order valence-electron chi connectivity index (χ0n) is 11.4. The number of amides is 1. The number of hydrogen-bond acceptors (Lipinski definition) is 4. The Morgan fingerprint density at radius 2 is 1.86 bits per heavy atom. The number of alkyl halides is 3. The monoisotopic (exact) mass is 321 g/mol. The lowest BCUT2D eigenvalue weighted by Gasteiger charge is -2.21. The molecule has 0 saturated heterocycles. The van der Waals surface area contributed by atoms with Crippen LogP contribution in [0.2, 0.25) is 0 Å². The summed E-state index contributed by atoms with van der Waals surface area (Å²) in [6, 6.07) is 1.74. The van der Waals surface area contributed by atoms with Crippen LogP contribution in [-0.2, 0) is 11.0 Å². The number of carbonyl (C=O) groups excluding carboxylic acids is 1. The summed E-state index contributed by atoms with van der Waals surface area (Å²) in [7, 11) is 0. The van der Waals surface area contributed by atoms with Gasteiger partial charge in [0.1, 0.15) is 12.2 Å².